The molecule has 2 atom stereocenters. The standard InChI is InChI=1S/C36H63NS/c1-23-26-21-36(16,33(11,12)34(13,14)38)28(26)24(2)25-20-35(15,27(23)25)32(9,10)31(7,8)30(5,6)22-29(3,4)18-17-19-37/h38H,17-22,37H2,1-16H3. The summed E-state index contributed by atoms with van der Waals surface area (Å²) in [6.45, 7) is 40.5. The van der Waals surface area contributed by atoms with Crippen LogP contribution >= 0.6 is 12.6 Å². The van der Waals surface area contributed by atoms with Crippen molar-refractivity contribution in [3.8, 4) is 0 Å². The molecule has 218 valence electrons. The van der Waals surface area contributed by atoms with Crippen molar-refractivity contribution < 1.29 is 0 Å². The van der Waals surface area contributed by atoms with Gasteiger partial charge in [0.05, 0.1) is 0 Å². The van der Waals surface area contributed by atoms with E-state index in [-0.39, 0.29) is 37.2 Å². The number of fused-ring (bicyclic) bond motifs is 2. The highest BCUT2D eigenvalue weighted by Gasteiger charge is 2.63. The molecule has 0 saturated carbocycles. The second-order valence-electron chi connectivity index (χ2n) is 17.5. The normalized spacial score (nSPS) is 24.5. The Morgan fingerprint density at radius 2 is 1.11 bits per heavy atom. The van der Waals surface area contributed by atoms with E-state index in [1.165, 1.54) is 25.7 Å². The Kier molecular flexibility index (Phi) is 7.60. The van der Waals surface area contributed by atoms with Crippen LogP contribution in [0.5, 0.6) is 0 Å². The van der Waals surface area contributed by atoms with Crippen LogP contribution in [0.1, 0.15) is 150 Å². The predicted molar refractivity (Wildman–Crippen MR) is 173 cm³/mol. The average molecular weight is 542 g/mol. The highest BCUT2D eigenvalue weighted by Crippen LogP contribution is 2.69. The lowest BCUT2D eigenvalue weighted by Crippen LogP contribution is -2.61. The third-order valence-corrected chi connectivity index (χ3v) is 14.5. The molecule has 0 aliphatic heterocycles. The Bertz CT molecular complexity index is 1080. The minimum absolute atomic E-state index is 0.0488. The van der Waals surface area contributed by atoms with E-state index in [1.54, 1.807) is 33.4 Å². The first-order chi connectivity index (χ1) is 16.8. The number of benzene rings is 1. The summed E-state index contributed by atoms with van der Waals surface area (Å²) in [6, 6.07) is 0. The fourth-order valence-electron chi connectivity index (χ4n) is 9.10. The number of hydrogen-bond donors (Lipinski definition) is 2. The predicted octanol–water partition coefficient (Wildman–Crippen LogP) is 9.90. The van der Waals surface area contributed by atoms with Gasteiger partial charge in [-0.05, 0) is 113 Å². The van der Waals surface area contributed by atoms with Crippen molar-refractivity contribution in [2.75, 3.05) is 6.54 Å². The number of rotatable bonds is 10. The van der Waals surface area contributed by atoms with Crippen molar-refractivity contribution >= 4 is 12.6 Å². The molecule has 2 aliphatic rings. The van der Waals surface area contributed by atoms with Gasteiger partial charge in [0.25, 0.3) is 0 Å². The van der Waals surface area contributed by atoms with E-state index in [1.807, 2.05) is 0 Å². The summed E-state index contributed by atoms with van der Waals surface area (Å²) >= 11 is 5.09. The Morgan fingerprint density at radius 1 is 0.711 bits per heavy atom. The minimum atomic E-state index is -0.0488. The highest BCUT2D eigenvalue weighted by atomic mass is 32.1. The second-order valence-corrected chi connectivity index (χ2v) is 18.6. The van der Waals surface area contributed by atoms with Crippen molar-refractivity contribution in [2.24, 2.45) is 32.8 Å². The molecule has 38 heavy (non-hydrogen) atoms. The van der Waals surface area contributed by atoms with Crippen molar-refractivity contribution in [3.63, 3.8) is 0 Å². The maximum Gasteiger partial charge on any atom is 0.0133 e. The molecular weight excluding hydrogens is 478 g/mol. The summed E-state index contributed by atoms with van der Waals surface area (Å²) in [4.78, 5) is 0. The molecular formula is C36H63NS. The van der Waals surface area contributed by atoms with Crippen LogP contribution < -0.4 is 5.73 Å². The topological polar surface area (TPSA) is 26.0 Å². The molecule has 2 unspecified atom stereocenters. The maximum atomic E-state index is 5.89. The first-order valence-electron chi connectivity index (χ1n) is 15.4. The molecule has 3 rings (SSSR count). The van der Waals surface area contributed by atoms with Crippen LogP contribution in [0.3, 0.4) is 0 Å². The Hall–Kier alpha value is -0.470. The molecule has 0 amide bonds. The van der Waals surface area contributed by atoms with Crippen molar-refractivity contribution in [1.29, 1.82) is 0 Å². The maximum absolute atomic E-state index is 5.89. The summed E-state index contributed by atoms with van der Waals surface area (Å²) in [6.07, 6.45) is 5.88. The van der Waals surface area contributed by atoms with Gasteiger partial charge in [0.2, 0.25) is 0 Å². The first kappa shape index (κ1) is 32.0. The van der Waals surface area contributed by atoms with Crippen LogP contribution in [0.25, 0.3) is 0 Å². The quantitative estimate of drug-likeness (QED) is 0.283. The zero-order chi connectivity index (χ0) is 29.7. The lowest BCUT2D eigenvalue weighted by Gasteiger charge is -2.66. The third kappa shape index (κ3) is 4.11. The number of hydrogen-bond acceptors (Lipinski definition) is 2. The fourth-order valence-corrected chi connectivity index (χ4v) is 9.35. The van der Waals surface area contributed by atoms with Gasteiger partial charge in [-0.2, -0.15) is 12.6 Å². The summed E-state index contributed by atoms with van der Waals surface area (Å²) < 4.78 is -0.0488. The smallest absolute Gasteiger partial charge is 0.0133 e. The Balaban J connectivity index is 2.07. The molecule has 0 spiro atoms. The molecule has 2 N–H and O–H groups in total. The SMILES string of the molecule is Cc1c2c(c(C)c3c1C(C)(C(C)(C)C(C)(C)S)C3)C(C)(C(C)(C)C(C)(C)C(C)(C)CC(C)(C)CCCN)C2. The van der Waals surface area contributed by atoms with Crippen molar-refractivity contribution in [1.82, 2.24) is 0 Å². The van der Waals surface area contributed by atoms with Crippen LogP contribution in [0, 0.1) is 40.9 Å². The summed E-state index contributed by atoms with van der Waals surface area (Å²) in [5, 5.41) is 0. The van der Waals surface area contributed by atoms with Crippen molar-refractivity contribution in [3.05, 3.63) is 33.4 Å². The van der Waals surface area contributed by atoms with Gasteiger partial charge in [-0.1, -0.05) is 96.9 Å². The van der Waals surface area contributed by atoms with Gasteiger partial charge in [-0.15, -0.1) is 0 Å². The average Bonchev–Trinajstić information content (AvgIpc) is 2.70. The van der Waals surface area contributed by atoms with Gasteiger partial charge < -0.3 is 5.73 Å². The molecule has 2 heteroatoms. The molecule has 0 bridgehead atoms. The van der Waals surface area contributed by atoms with Gasteiger partial charge in [0.1, 0.15) is 0 Å². The molecule has 0 saturated heterocycles. The Morgan fingerprint density at radius 3 is 1.47 bits per heavy atom. The molecule has 1 aromatic rings. The molecule has 1 nitrogen and oxygen atoms in total. The van der Waals surface area contributed by atoms with Gasteiger partial charge in [0, 0.05) is 15.6 Å². The second kappa shape index (κ2) is 9.01. The van der Waals surface area contributed by atoms with Crippen LogP contribution in [-0.4, -0.2) is 11.3 Å². The van der Waals surface area contributed by atoms with Gasteiger partial charge in [-0.25, -0.2) is 0 Å². The molecule has 0 aromatic heterocycles. The van der Waals surface area contributed by atoms with Crippen molar-refractivity contribution in [2.45, 2.75) is 158 Å². The summed E-state index contributed by atoms with van der Waals surface area (Å²) in [5.41, 5.74) is 16.8. The van der Waals surface area contributed by atoms with E-state index < -0.39 is 0 Å². The largest absolute Gasteiger partial charge is 0.330 e. The molecule has 0 fully saturated rings. The first-order valence-corrected chi connectivity index (χ1v) is 15.8. The van der Waals surface area contributed by atoms with E-state index in [4.69, 9.17) is 18.4 Å². The summed E-state index contributed by atoms with van der Waals surface area (Å²) in [5.74, 6) is 0. The van der Waals surface area contributed by atoms with E-state index in [2.05, 4.69) is 111 Å². The minimum Gasteiger partial charge on any atom is -0.330 e. The van der Waals surface area contributed by atoms with E-state index in [9.17, 15) is 0 Å². The highest BCUT2D eigenvalue weighted by molar-refractivity contribution is 7.81. The van der Waals surface area contributed by atoms with Crippen LogP contribution in [-0.2, 0) is 23.7 Å². The van der Waals surface area contributed by atoms with Crippen LogP contribution in [0.4, 0.5) is 0 Å². The summed E-state index contributed by atoms with van der Waals surface area (Å²) in [7, 11) is 0. The molecule has 1 aromatic carbocycles. The lowest BCUT2D eigenvalue weighted by molar-refractivity contribution is -0.0935. The van der Waals surface area contributed by atoms with E-state index in [0.29, 0.717) is 5.41 Å². The fraction of sp³-hybridized carbons (Fsp3) is 0.833. The van der Waals surface area contributed by atoms with Gasteiger partial charge >= 0.3 is 0 Å². The van der Waals surface area contributed by atoms with Crippen LogP contribution in [0.15, 0.2) is 0 Å². The lowest BCUT2D eigenvalue weighted by atomic mass is 9.38. The zero-order valence-electron chi connectivity index (χ0n) is 28.3. The zero-order valence-corrected chi connectivity index (χ0v) is 29.2. The van der Waals surface area contributed by atoms with Gasteiger partial charge in [-0.3, -0.25) is 0 Å². The Labute approximate surface area is 243 Å². The number of thiol groups is 1. The van der Waals surface area contributed by atoms with Gasteiger partial charge in [0.15, 0.2) is 0 Å². The van der Waals surface area contributed by atoms with E-state index in [0.717, 1.165) is 13.0 Å². The number of nitrogens with two attached hydrogens (primary N) is 1. The van der Waals surface area contributed by atoms with Crippen LogP contribution in [0.2, 0.25) is 0 Å². The monoisotopic (exact) mass is 541 g/mol. The molecule has 2 aliphatic carbocycles. The molecule has 0 radical (unpaired) electrons. The third-order valence-electron chi connectivity index (χ3n) is 13.9. The molecule has 0 heterocycles. The van der Waals surface area contributed by atoms with E-state index >= 15 is 0 Å².